The van der Waals surface area contributed by atoms with Crippen LogP contribution in [0.15, 0.2) is 29.2 Å². The summed E-state index contributed by atoms with van der Waals surface area (Å²) in [6.45, 7) is 4.98. The molecule has 3 aliphatic rings. The first-order valence-corrected chi connectivity index (χ1v) is 12.9. The second kappa shape index (κ2) is 8.79. The van der Waals surface area contributed by atoms with Gasteiger partial charge < -0.3 is 14.7 Å². The number of para-hydroxylation sites is 1. The molecule has 1 aromatic heterocycles. The minimum Gasteiger partial charge on any atom is -0.438 e. The third kappa shape index (κ3) is 3.81. The van der Waals surface area contributed by atoms with Gasteiger partial charge in [-0.1, -0.05) is 32.0 Å². The fraction of sp³-hybridized carbons (Fsp3) is 0.522. The Labute approximate surface area is 200 Å². The first-order valence-electron chi connectivity index (χ1n) is 11.6. The lowest BCUT2D eigenvalue weighted by Gasteiger charge is -2.44. The molecule has 4 N–H and O–H groups in total. The number of hydrogen-bond acceptors (Lipinski definition) is 9. The van der Waals surface area contributed by atoms with Crippen LogP contribution in [0.2, 0.25) is 0 Å². The van der Waals surface area contributed by atoms with Gasteiger partial charge in [0.1, 0.15) is 10.5 Å². The number of amides is 1. The van der Waals surface area contributed by atoms with Crippen LogP contribution in [0.25, 0.3) is 0 Å². The summed E-state index contributed by atoms with van der Waals surface area (Å²) < 4.78 is 18.6. The van der Waals surface area contributed by atoms with Crippen LogP contribution in [-0.4, -0.2) is 56.9 Å². The van der Waals surface area contributed by atoms with Gasteiger partial charge in [-0.15, -0.1) is 0 Å². The molecule has 5 rings (SSSR count). The molecule has 1 aromatic carbocycles. The summed E-state index contributed by atoms with van der Waals surface area (Å²) in [4.78, 5) is 24.4. The van der Waals surface area contributed by atoms with Crippen LogP contribution in [0.1, 0.15) is 37.9 Å². The molecule has 2 atom stereocenters. The Morgan fingerprint density at radius 3 is 2.74 bits per heavy atom. The van der Waals surface area contributed by atoms with Crippen molar-refractivity contribution in [2.75, 3.05) is 40.7 Å². The smallest absolute Gasteiger partial charge is 0.412 e. The summed E-state index contributed by atoms with van der Waals surface area (Å²) in [7, 11) is -1.22. The summed E-state index contributed by atoms with van der Waals surface area (Å²) in [6.07, 6.45) is 1.35. The standard InChI is InChI=1S/C23H30N6O4S/c1-14(2)18(13-30)29(24)20-19-17(7-12-34(19)32)25-21(27-20)28-10-8-23(9-11-28)15-5-3-4-6-16(15)26-22(31)33-23/h3-6,14,18,30H,7-13,24H2,1-2H3,(H,26,31)/t18-,34?/m0/s1. The van der Waals surface area contributed by atoms with Gasteiger partial charge in [-0.3, -0.25) is 14.5 Å². The summed E-state index contributed by atoms with van der Waals surface area (Å²) in [5, 5.41) is 14.1. The van der Waals surface area contributed by atoms with E-state index in [2.05, 4.69) is 10.2 Å². The lowest BCUT2D eigenvalue weighted by molar-refractivity contribution is -0.00820. The van der Waals surface area contributed by atoms with Crippen molar-refractivity contribution in [3.63, 3.8) is 0 Å². The van der Waals surface area contributed by atoms with Crippen molar-refractivity contribution >= 4 is 34.3 Å². The highest BCUT2D eigenvalue weighted by Gasteiger charge is 2.45. The molecular weight excluding hydrogens is 456 g/mol. The highest BCUT2D eigenvalue weighted by atomic mass is 32.2. The van der Waals surface area contributed by atoms with E-state index < -0.39 is 22.5 Å². The third-order valence-electron chi connectivity index (χ3n) is 7.01. The number of nitrogens with two attached hydrogens (primary N) is 1. The number of aryl methyl sites for hydroxylation is 1. The Balaban J connectivity index is 1.45. The Hall–Kier alpha value is -2.76. The van der Waals surface area contributed by atoms with Gasteiger partial charge >= 0.3 is 6.09 Å². The normalized spacial score (nSPS) is 21.6. The van der Waals surface area contributed by atoms with E-state index in [0.29, 0.717) is 54.8 Å². The van der Waals surface area contributed by atoms with Gasteiger partial charge in [0, 0.05) is 43.7 Å². The van der Waals surface area contributed by atoms with E-state index in [1.807, 2.05) is 38.1 Å². The maximum absolute atomic E-state index is 12.7. The van der Waals surface area contributed by atoms with Crippen LogP contribution >= 0.6 is 0 Å². The molecule has 34 heavy (non-hydrogen) atoms. The van der Waals surface area contributed by atoms with E-state index in [9.17, 15) is 14.1 Å². The number of hydrazine groups is 1. The average Bonchev–Trinajstić information content (AvgIpc) is 3.20. The van der Waals surface area contributed by atoms with Gasteiger partial charge in [-0.05, 0) is 12.0 Å². The minimum absolute atomic E-state index is 0.0726. The van der Waals surface area contributed by atoms with Crippen molar-refractivity contribution in [3.05, 3.63) is 35.5 Å². The van der Waals surface area contributed by atoms with Crippen LogP contribution in [0.4, 0.5) is 22.2 Å². The number of carbonyl (C=O) groups is 1. The largest absolute Gasteiger partial charge is 0.438 e. The molecule has 3 aliphatic heterocycles. The third-order valence-corrected chi connectivity index (χ3v) is 8.46. The quantitative estimate of drug-likeness (QED) is 0.428. The van der Waals surface area contributed by atoms with Crippen molar-refractivity contribution in [2.24, 2.45) is 11.8 Å². The summed E-state index contributed by atoms with van der Waals surface area (Å²) >= 11 is 0. The number of aliphatic hydroxyl groups excluding tert-OH is 1. The molecule has 182 valence electrons. The van der Waals surface area contributed by atoms with Crippen LogP contribution in [0.3, 0.4) is 0 Å². The molecule has 1 unspecified atom stereocenters. The number of hydrogen-bond donors (Lipinski definition) is 3. The lowest BCUT2D eigenvalue weighted by atomic mass is 9.82. The number of rotatable bonds is 5. The maximum atomic E-state index is 12.7. The zero-order chi connectivity index (χ0) is 24.0. The predicted molar refractivity (Wildman–Crippen MR) is 129 cm³/mol. The summed E-state index contributed by atoms with van der Waals surface area (Å²) in [5.74, 6) is 7.93. The molecule has 0 saturated carbocycles. The van der Waals surface area contributed by atoms with E-state index in [-0.39, 0.29) is 18.6 Å². The molecule has 1 spiro atoms. The van der Waals surface area contributed by atoms with E-state index in [0.717, 1.165) is 16.9 Å². The van der Waals surface area contributed by atoms with Crippen molar-refractivity contribution in [3.8, 4) is 0 Å². The molecule has 0 bridgehead atoms. The van der Waals surface area contributed by atoms with E-state index in [1.54, 1.807) is 0 Å². The number of fused-ring (bicyclic) bond motifs is 3. The fourth-order valence-corrected chi connectivity index (χ4v) is 6.40. The number of carbonyl (C=O) groups excluding carboxylic acids is 1. The number of aliphatic hydroxyl groups is 1. The highest BCUT2D eigenvalue weighted by Crippen LogP contribution is 2.44. The zero-order valence-electron chi connectivity index (χ0n) is 19.4. The number of anilines is 3. The average molecular weight is 487 g/mol. The van der Waals surface area contributed by atoms with Gasteiger partial charge in [0.2, 0.25) is 5.95 Å². The molecular formula is C23H30N6O4S. The second-order valence-corrected chi connectivity index (χ2v) is 10.9. The minimum atomic E-state index is -1.22. The molecule has 10 nitrogen and oxygen atoms in total. The first kappa shape index (κ1) is 23.0. The van der Waals surface area contributed by atoms with E-state index in [4.69, 9.17) is 20.5 Å². The van der Waals surface area contributed by atoms with Gasteiger partial charge in [0.15, 0.2) is 5.82 Å². The summed E-state index contributed by atoms with van der Waals surface area (Å²) in [5.41, 5.74) is 1.83. The Morgan fingerprint density at radius 2 is 2.03 bits per heavy atom. The number of ether oxygens (including phenoxy) is 1. The monoisotopic (exact) mass is 486 g/mol. The Morgan fingerprint density at radius 1 is 1.29 bits per heavy atom. The molecule has 11 heteroatoms. The molecule has 2 aromatic rings. The van der Waals surface area contributed by atoms with Crippen LogP contribution < -0.4 is 21.1 Å². The van der Waals surface area contributed by atoms with Crippen LogP contribution in [-0.2, 0) is 27.6 Å². The van der Waals surface area contributed by atoms with Crippen molar-refractivity contribution in [1.82, 2.24) is 9.97 Å². The van der Waals surface area contributed by atoms with Gasteiger partial charge in [0.25, 0.3) is 0 Å². The number of nitrogens with one attached hydrogen (secondary N) is 1. The molecule has 0 aliphatic carbocycles. The lowest BCUT2D eigenvalue weighted by Crippen LogP contribution is -2.49. The Kier molecular flexibility index (Phi) is 5.95. The maximum Gasteiger partial charge on any atom is 0.412 e. The SMILES string of the molecule is CC(C)[C@H](CO)N(N)c1nc(N2CCC3(CC2)OC(=O)Nc2ccccc23)nc2c1S(=O)CC2. The van der Waals surface area contributed by atoms with Crippen molar-refractivity contribution in [2.45, 2.75) is 49.6 Å². The van der Waals surface area contributed by atoms with Gasteiger partial charge in [-0.2, -0.15) is 4.98 Å². The van der Waals surface area contributed by atoms with E-state index in [1.165, 1.54) is 5.01 Å². The molecule has 1 saturated heterocycles. The fourth-order valence-electron chi connectivity index (χ4n) is 5.06. The van der Waals surface area contributed by atoms with Crippen molar-refractivity contribution in [1.29, 1.82) is 0 Å². The zero-order valence-corrected chi connectivity index (χ0v) is 20.2. The summed E-state index contributed by atoms with van der Waals surface area (Å²) in [6, 6.07) is 7.37. The molecule has 1 amide bonds. The van der Waals surface area contributed by atoms with Gasteiger partial charge in [0.05, 0.1) is 34.8 Å². The molecule has 1 fully saturated rings. The molecule has 4 heterocycles. The number of benzene rings is 1. The number of piperidine rings is 1. The van der Waals surface area contributed by atoms with Crippen LogP contribution in [0, 0.1) is 5.92 Å². The first-order chi connectivity index (χ1) is 16.3. The predicted octanol–water partition coefficient (Wildman–Crippen LogP) is 1.90. The topological polar surface area (TPSA) is 134 Å². The van der Waals surface area contributed by atoms with Crippen molar-refractivity contribution < 1.29 is 18.8 Å². The van der Waals surface area contributed by atoms with Gasteiger partial charge in [-0.25, -0.2) is 15.6 Å². The number of aromatic nitrogens is 2. The van der Waals surface area contributed by atoms with E-state index >= 15 is 0 Å². The van der Waals surface area contributed by atoms with Crippen LogP contribution in [0.5, 0.6) is 0 Å². The number of nitrogens with zero attached hydrogens (tertiary/aromatic N) is 4. The highest BCUT2D eigenvalue weighted by molar-refractivity contribution is 7.85. The second-order valence-electron chi connectivity index (χ2n) is 9.37. The molecule has 0 radical (unpaired) electrons. The Bertz CT molecular complexity index is 1130.